The Labute approximate surface area is 206 Å². The number of imidazole rings is 1. The van der Waals surface area contributed by atoms with Gasteiger partial charge < -0.3 is 14.0 Å². The molecule has 34 heavy (non-hydrogen) atoms. The van der Waals surface area contributed by atoms with E-state index in [1.165, 1.54) is 6.07 Å². The predicted octanol–water partition coefficient (Wildman–Crippen LogP) is 4.06. The maximum Gasteiger partial charge on any atom is 0.238 e. The van der Waals surface area contributed by atoms with E-state index in [1.807, 2.05) is 27.3 Å². The molecular weight excluding hydrogens is 479 g/mol. The molecule has 1 atom stereocenters. The number of nitrogens with zero attached hydrogens (tertiary/aromatic N) is 6. The minimum atomic E-state index is -0.426. The van der Waals surface area contributed by atoms with Crippen LogP contribution in [0.25, 0.3) is 17.1 Å². The monoisotopic (exact) mass is 498 g/mol. The van der Waals surface area contributed by atoms with E-state index in [4.69, 9.17) is 21.1 Å². The average molecular weight is 499 g/mol. The maximum absolute atomic E-state index is 14.3. The molecule has 174 valence electrons. The van der Waals surface area contributed by atoms with E-state index < -0.39 is 6.04 Å². The van der Waals surface area contributed by atoms with Crippen LogP contribution in [-0.4, -0.2) is 43.9 Å². The first kappa shape index (κ1) is 22.6. The molecule has 2 aliphatic rings. The lowest BCUT2D eigenvalue weighted by atomic mass is 10.1. The van der Waals surface area contributed by atoms with Crippen molar-refractivity contribution >= 4 is 31.0 Å². The molecule has 0 aliphatic carbocycles. The van der Waals surface area contributed by atoms with Gasteiger partial charge in [0, 0.05) is 23.3 Å². The van der Waals surface area contributed by atoms with Crippen LogP contribution in [-0.2, 0) is 22.6 Å². The molecule has 0 radical (unpaired) electrons. The molecular formula is C23H20ClFN6O2S. The number of benzene rings is 2. The van der Waals surface area contributed by atoms with Crippen LogP contribution in [0.2, 0.25) is 5.02 Å². The molecule has 2 aromatic heterocycles. The second-order valence-corrected chi connectivity index (χ2v) is 8.25. The van der Waals surface area contributed by atoms with E-state index in [1.54, 1.807) is 31.6 Å². The molecule has 6 rings (SSSR count). The van der Waals surface area contributed by atoms with Crippen molar-refractivity contribution in [3.63, 3.8) is 0 Å². The lowest BCUT2D eigenvalue weighted by Crippen LogP contribution is -2.13. The Morgan fingerprint density at radius 3 is 2.88 bits per heavy atom. The van der Waals surface area contributed by atoms with Gasteiger partial charge in [0.25, 0.3) is 0 Å². The quantitative estimate of drug-likeness (QED) is 0.373. The normalized spacial score (nSPS) is 16.0. The summed E-state index contributed by atoms with van der Waals surface area (Å²) in [5, 5.41) is 9.32. The Morgan fingerprint density at radius 1 is 1.21 bits per heavy atom. The summed E-state index contributed by atoms with van der Waals surface area (Å²) in [5.74, 6) is 1.45. The van der Waals surface area contributed by atoms with Crippen molar-refractivity contribution in [3.05, 3.63) is 82.4 Å². The smallest absolute Gasteiger partial charge is 0.238 e. The summed E-state index contributed by atoms with van der Waals surface area (Å²) < 4.78 is 29.5. The molecule has 2 aliphatic heterocycles. The van der Waals surface area contributed by atoms with Gasteiger partial charge in [-0.3, -0.25) is 4.57 Å². The largest absolute Gasteiger partial charge is 0.474 e. The Kier molecular flexibility index (Phi) is 5.88. The summed E-state index contributed by atoms with van der Waals surface area (Å²) in [6.07, 6.45) is 1.73. The number of fused-ring (bicyclic) bond motifs is 5. The Bertz CT molecular complexity index is 1420. The van der Waals surface area contributed by atoms with Crippen molar-refractivity contribution in [3.8, 4) is 17.1 Å². The SMILES string of the molecule is COCc1nnc2n1Cc1c(C3=N[C@@H](c4ccccc4F)CO3)ncn1-c1ccc(Cl)cc1-2.S. The van der Waals surface area contributed by atoms with Gasteiger partial charge in [-0.25, -0.2) is 14.4 Å². The molecule has 0 amide bonds. The minimum absolute atomic E-state index is 0. The molecule has 0 spiro atoms. The predicted molar refractivity (Wildman–Crippen MR) is 129 cm³/mol. The highest BCUT2D eigenvalue weighted by molar-refractivity contribution is 7.59. The van der Waals surface area contributed by atoms with Gasteiger partial charge >= 0.3 is 0 Å². The van der Waals surface area contributed by atoms with Gasteiger partial charge in [0.1, 0.15) is 37.1 Å². The topological polar surface area (TPSA) is 79.3 Å². The highest BCUT2D eigenvalue weighted by Crippen LogP contribution is 2.35. The van der Waals surface area contributed by atoms with E-state index in [0.29, 0.717) is 47.0 Å². The van der Waals surface area contributed by atoms with E-state index in [9.17, 15) is 4.39 Å². The molecule has 0 N–H and O–H groups in total. The summed E-state index contributed by atoms with van der Waals surface area (Å²) in [7, 11) is 1.61. The zero-order valence-electron chi connectivity index (χ0n) is 18.1. The van der Waals surface area contributed by atoms with Gasteiger partial charge in [-0.2, -0.15) is 13.5 Å². The lowest BCUT2D eigenvalue weighted by Gasteiger charge is -2.09. The molecule has 0 fully saturated rings. The fourth-order valence-electron chi connectivity index (χ4n) is 4.30. The number of hydrogen-bond donors (Lipinski definition) is 0. The van der Waals surface area contributed by atoms with Crippen molar-refractivity contribution < 1.29 is 13.9 Å². The molecule has 8 nitrogen and oxygen atoms in total. The highest BCUT2D eigenvalue weighted by atomic mass is 35.5. The summed E-state index contributed by atoms with van der Waals surface area (Å²) in [6.45, 7) is 0.982. The Morgan fingerprint density at radius 2 is 2.06 bits per heavy atom. The molecule has 11 heteroatoms. The van der Waals surface area contributed by atoms with E-state index in [2.05, 4.69) is 20.2 Å². The molecule has 0 saturated carbocycles. The molecule has 0 saturated heterocycles. The zero-order chi connectivity index (χ0) is 22.5. The van der Waals surface area contributed by atoms with Crippen LogP contribution in [0.5, 0.6) is 0 Å². The first-order valence-electron chi connectivity index (χ1n) is 10.4. The van der Waals surface area contributed by atoms with Gasteiger partial charge in [-0.15, -0.1) is 10.2 Å². The van der Waals surface area contributed by atoms with E-state index in [-0.39, 0.29) is 25.9 Å². The number of halogens is 2. The first-order valence-corrected chi connectivity index (χ1v) is 10.7. The van der Waals surface area contributed by atoms with Crippen LogP contribution in [0, 0.1) is 5.82 Å². The summed E-state index contributed by atoms with van der Waals surface area (Å²) >= 11 is 6.31. The van der Waals surface area contributed by atoms with E-state index in [0.717, 1.165) is 16.9 Å². The fraction of sp³-hybridized carbons (Fsp3) is 0.217. The lowest BCUT2D eigenvalue weighted by molar-refractivity contribution is 0.174. The standard InChI is InChI=1S/C23H18ClFN6O2.H2S/c1-32-11-20-28-29-22-15-8-13(24)6-7-18(15)31-12-26-21(19(31)9-30(20)22)23-27-17(10-33-23)14-4-2-3-5-16(14)25;/h2-8,12,17H,9-11H2,1H3;1H2/t17-;/m1./s1. The number of aliphatic imine (C=N–C) groups is 1. The maximum atomic E-state index is 14.3. The van der Waals surface area contributed by atoms with Crippen LogP contribution in [0.3, 0.4) is 0 Å². The van der Waals surface area contributed by atoms with Gasteiger partial charge in [0.15, 0.2) is 11.6 Å². The third-order valence-corrected chi connectivity index (χ3v) is 6.09. The highest BCUT2D eigenvalue weighted by Gasteiger charge is 2.31. The fourth-order valence-corrected chi connectivity index (χ4v) is 4.48. The van der Waals surface area contributed by atoms with Gasteiger partial charge in [-0.1, -0.05) is 29.8 Å². The molecule has 2 aromatic carbocycles. The van der Waals surface area contributed by atoms with Crippen molar-refractivity contribution in [2.45, 2.75) is 19.2 Å². The second kappa shape index (κ2) is 8.86. The third-order valence-electron chi connectivity index (χ3n) is 5.85. The van der Waals surface area contributed by atoms with Gasteiger partial charge in [0.05, 0.1) is 17.9 Å². The van der Waals surface area contributed by atoms with Gasteiger partial charge in [-0.05, 0) is 24.3 Å². The van der Waals surface area contributed by atoms with Crippen LogP contribution in [0.15, 0.2) is 53.8 Å². The van der Waals surface area contributed by atoms with Crippen molar-refractivity contribution in [1.29, 1.82) is 0 Å². The molecule has 0 unspecified atom stereocenters. The second-order valence-electron chi connectivity index (χ2n) is 7.81. The van der Waals surface area contributed by atoms with Crippen LogP contribution < -0.4 is 0 Å². The van der Waals surface area contributed by atoms with E-state index >= 15 is 0 Å². The number of ether oxygens (including phenoxy) is 2. The third kappa shape index (κ3) is 3.58. The number of rotatable bonds is 4. The van der Waals surface area contributed by atoms with Gasteiger partial charge in [0.2, 0.25) is 5.90 Å². The summed E-state index contributed by atoms with van der Waals surface area (Å²) in [4.78, 5) is 9.29. The first-order chi connectivity index (χ1) is 16.1. The number of hydrogen-bond acceptors (Lipinski definition) is 6. The Hall–Kier alpha value is -3.21. The zero-order valence-corrected chi connectivity index (χ0v) is 19.8. The summed E-state index contributed by atoms with van der Waals surface area (Å²) in [5.41, 5.74) is 3.65. The van der Waals surface area contributed by atoms with Crippen molar-refractivity contribution in [1.82, 2.24) is 24.3 Å². The van der Waals surface area contributed by atoms with Crippen LogP contribution in [0.4, 0.5) is 4.39 Å². The van der Waals surface area contributed by atoms with Crippen LogP contribution in [0.1, 0.15) is 28.8 Å². The van der Waals surface area contributed by atoms with Crippen molar-refractivity contribution in [2.24, 2.45) is 4.99 Å². The number of aromatic nitrogens is 5. The average Bonchev–Trinajstić information content (AvgIpc) is 3.53. The molecule has 4 aromatic rings. The Balaban J connectivity index is 0.00000241. The number of methoxy groups -OCH3 is 1. The summed E-state index contributed by atoms with van der Waals surface area (Å²) in [6, 6.07) is 11.8. The van der Waals surface area contributed by atoms with Crippen LogP contribution >= 0.6 is 25.1 Å². The van der Waals surface area contributed by atoms with Crippen molar-refractivity contribution in [2.75, 3.05) is 13.7 Å². The minimum Gasteiger partial charge on any atom is -0.474 e. The molecule has 4 heterocycles. The molecule has 0 bridgehead atoms.